The molecule has 0 unspecified atom stereocenters. The molecule has 2 rings (SSSR count). The molecule has 1 aliphatic heterocycles. The summed E-state index contributed by atoms with van der Waals surface area (Å²) < 4.78 is 5.06. The molecule has 5 heteroatoms. The van der Waals surface area contributed by atoms with E-state index in [0.29, 0.717) is 12.3 Å². The maximum absolute atomic E-state index is 11.7. The third-order valence-electron chi connectivity index (χ3n) is 3.50. The van der Waals surface area contributed by atoms with Crippen molar-refractivity contribution >= 4 is 23.4 Å². The largest absolute Gasteiger partial charge is 0.466 e. The number of benzene rings is 1. The highest BCUT2D eigenvalue weighted by atomic mass is 16.5. The zero-order valence-corrected chi connectivity index (χ0v) is 11.5. The second-order valence-corrected chi connectivity index (χ2v) is 4.73. The zero-order valence-electron chi connectivity index (χ0n) is 11.5. The van der Waals surface area contributed by atoms with Crippen LogP contribution in [0.2, 0.25) is 0 Å². The molecule has 0 bridgehead atoms. The van der Waals surface area contributed by atoms with Crippen molar-refractivity contribution in [2.75, 3.05) is 24.6 Å². The van der Waals surface area contributed by atoms with Crippen molar-refractivity contribution in [1.82, 2.24) is 0 Å². The normalized spacial score (nSPS) is 15.6. The molecule has 1 aromatic rings. The van der Waals surface area contributed by atoms with E-state index in [0.717, 1.165) is 31.6 Å². The fraction of sp³-hybridized carbons (Fsp3) is 0.467. The number of ether oxygens (including phenoxy) is 1. The number of hydrogen-bond acceptors (Lipinski definition) is 5. The number of carbonyl (C=O) groups excluding carboxylic acids is 2. The Kier molecular flexibility index (Phi) is 4.91. The van der Waals surface area contributed by atoms with E-state index in [2.05, 4.69) is 9.89 Å². The van der Waals surface area contributed by atoms with Crippen molar-refractivity contribution in [3.63, 3.8) is 0 Å². The van der Waals surface area contributed by atoms with Crippen LogP contribution < -0.4 is 4.90 Å². The van der Waals surface area contributed by atoms with E-state index >= 15 is 0 Å². The Labute approximate surface area is 118 Å². The first-order chi connectivity index (χ1) is 9.74. The monoisotopic (exact) mass is 274 g/mol. The highest BCUT2D eigenvalue weighted by molar-refractivity contribution is 5.73. The molecule has 0 aromatic heterocycles. The number of anilines is 1. The predicted molar refractivity (Wildman–Crippen MR) is 75.8 cm³/mol. The first kappa shape index (κ1) is 14.3. The van der Waals surface area contributed by atoms with Crippen LogP contribution in [0.15, 0.2) is 29.3 Å². The van der Waals surface area contributed by atoms with Gasteiger partial charge in [0.05, 0.1) is 18.2 Å². The lowest BCUT2D eigenvalue weighted by Gasteiger charge is -2.32. The van der Waals surface area contributed by atoms with E-state index in [1.54, 1.807) is 12.1 Å². The minimum Gasteiger partial charge on any atom is -0.466 e. The summed E-state index contributed by atoms with van der Waals surface area (Å²) in [5, 5.41) is 0. The van der Waals surface area contributed by atoms with Gasteiger partial charge in [0, 0.05) is 18.8 Å². The van der Waals surface area contributed by atoms with Gasteiger partial charge in [-0.2, -0.15) is 4.99 Å². The topological polar surface area (TPSA) is 59.0 Å². The standard InChI is InChI=1S/C15H18N2O3/c1-2-20-15(19)12-7-9-17(10-8-12)14-5-3-13(4-6-14)16-11-18/h3-6,12H,2,7-10H2,1H3. The smallest absolute Gasteiger partial charge is 0.309 e. The van der Waals surface area contributed by atoms with Gasteiger partial charge in [-0.15, -0.1) is 0 Å². The van der Waals surface area contributed by atoms with Crippen LogP contribution in [0, 0.1) is 5.92 Å². The third-order valence-corrected chi connectivity index (χ3v) is 3.50. The van der Waals surface area contributed by atoms with Crippen LogP contribution in [0.1, 0.15) is 19.8 Å². The number of esters is 1. The van der Waals surface area contributed by atoms with Gasteiger partial charge >= 0.3 is 5.97 Å². The SMILES string of the molecule is CCOC(=O)C1CCN(c2ccc(N=C=O)cc2)CC1. The van der Waals surface area contributed by atoms with Crippen LogP contribution in [0.25, 0.3) is 0 Å². The molecular weight excluding hydrogens is 256 g/mol. The van der Waals surface area contributed by atoms with Crippen molar-refractivity contribution in [3.8, 4) is 0 Å². The van der Waals surface area contributed by atoms with E-state index in [1.807, 2.05) is 19.1 Å². The number of piperidine rings is 1. The summed E-state index contributed by atoms with van der Waals surface area (Å²) in [5.41, 5.74) is 1.68. The molecule has 0 aliphatic carbocycles. The quantitative estimate of drug-likeness (QED) is 0.480. The molecule has 0 amide bonds. The number of aliphatic imine (C=N–C) groups is 1. The fourth-order valence-electron chi connectivity index (χ4n) is 2.42. The van der Waals surface area contributed by atoms with Gasteiger partial charge in [0.1, 0.15) is 0 Å². The number of rotatable bonds is 4. The molecule has 1 aliphatic rings. The summed E-state index contributed by atoms with van der Waals surface area (Å²) in [6.45, 7) is 3.94. The molecule has 20 heavy (non-hydrogen) atoms. The molecule has 0 spiro atoms. The molecule has 1 heterocycles. The molecule has 106 valence electrons. The van der Waals surface area contributed by atoms with Gasteiger partial charge in [0.2, 0.25) is 6.08 Å². The van der Waals surface area contributed by atoms with Gasteiger partial charge < -0.3 is 9.64 Å². The van der Waals surface area contributed by atoms with Crippen LogP contribution in [0.5, 0.6) is 0 Å². The molecule has 1 saturated heterocycles. The maximum Gasteiger partial charge on any atom is 0.309 e. The van der Waals surface area contributed by atoms with Crippen molar-refractivity contribution in [2.45, 2.75) is 19.8 Å². The fourth-order valence-corrected chi connectivity index (χ4v) is 2.42. The van der Waals surface area contributed by atoms with Crippen LogP contribution in [-0.2, 0) is 14.3 Å². The highest BCUT2D eigenvalue weighted by Gasteiger charge is 2.25. The molecule has 5 nitrogen and oxygen atoms in total. The summed E-state index contributed by atoms with van der Waals surface area (Å²) in [4.78, 5) is 27.6. The number of hydrogen-bond donors (Lipinski definition) is 0. The van der Waals surface area contributed by atoms with Crippen LogP contribution in [-0.4, -0.2) is 31.7 Å². The van der Waals surface area contributed by atoms with E-state index in [1.165, 1.54) is 6.08 Å². The Hall–Kier alpha value is -2.13. The molecule has 0 atom stereocenters. The second-order valence-electron chi connectivity index (χ2n) is 4.73. The predicted octanol–water partition coefficient (Wildman–Crippen LogP) is 2.43. The molecule has 1 aromatic carbocycles. The van der Waals surface area contributed by atoms with Gasteiger partial charge in [-0.3, -0.25) is 4.79 Å². The number of carbonyl (C=O) groups is 1. The van der Waals surface area contributed by atoms with Crippen LogP contribution in [0.4, 0.5) is 11.4 Å². The molecule has 0 radical (unpaired) electrons. The average molecular weight is 274 g/mol. The molecule has 1 fully saturated rings. The lowest BCUT2D eigenvalue weighted by Crippen LogP contribution is -2.36. The maximum atomic E-state index is 11.7. The van der Waals surface area contributed by atoms with Crippen molar-refractivity contribution < 1.29 is 14.3 Å². The zero-order chi connectivity index (χ0) is 14.4. The summed E-state index contributed by atoms with van der Waals surface area (Å²) in [5.74, 6) is -0.0621. The second kappa shape index (κ2) is 6.87. The lowest BCUT2D eigenvalue weighted by atomic mass is 9.96. The summed E-state index contributed by atoms with van der Waals surface area (Å²) in [6, 6.07) is 7.44. The van der Waals surface area contributed by atoms with Crippen molar-refractivity contribution in [2.24, 2.45) is 10.9 Å². The number of isocyanates is 1. The van der Waals surface area contributed by atoms with Gasteiger partial charge in [0.25, 0.3) is 0 Å². The first-order valence-corrected chi connectivity index (χ1v) is 6.84. The Morgan fingerprint density at radius 3 is 2.55 bits per heavy atom. The van der Waals surface area contributed by atoms with E-state index in [9.17, 15) is 9.59 Å². The summed E-state index contributed by atoms with van der Waals surface area (Å²) >= 11 is 0. The molecular formula is C15H18N2O3. The number of nitrogens with zero attached hydrogens (tertiary/aromatic N) is 2. The Morgan fingerprint density at radius 1 is 1.35 bits per heavy atom. The first-order valence-electron chi connectivity index (χ1n) is 6.84. The van der Waals surface area contributed by atoms with Gasteiger partial charge in [-0.1, -0.05) is 0 Å². The summed E-state index contributed by atoms with van der Waals surface area (Å²) in [7, 11) is 0. The van der Waals surface area contributed by atoms with Crippen molar-refractivity contribution in [1.29, 1.82) is 0 Å². The van der Waals surface area contributed by atoms with Crippen LogP contribution in [0.3, 0.4) is 0 Å². The Morgan fingerprint density at radius 2 is 2.00 bits per heavy atom. The molecule has 0 saturated carbocycles. The van der Waals surface area contributed by atoms with E-state index < -0.39 is 0 Å². The third kappa shape index (κ3) is 3.45. The highest BCUT2D eigenvalue weighted by Crippen LogP contribution is 2.25. The molecule has 0 N–H and O–H groups in total. The van der Waals surface area contributed by atoms with E-state index in [4.69, 9.17) is 4.74 Å². The van der Waals surface area contributed by atoms with E-state index in [-0.39, 0.29) is 11.9 Å². The average Bonchev–Trinajstić information content (AvgIpc) is 2.49. The minimum atomic E-state index is -0.0807. The lowest BCUT2D eigenvalue weighted by molar-refractivity contribution is -0.148. The van der Waals surface area contributed by atoms with Crippen LogP contribution >= 0.6 is 0 Å². The Balaban J connectivity index is 1.93. The van der Waals surface area contributed by atoms with Gasteiger partial charge in [-0.05, 0) is 44.0 Å². The summed E-state index contributed by atoms with van der Waals surface area (Å²) in [6.07, 6.45) is 3.15. The Bertz CT molecular complexity index is 498. The van der Waals surface area contributed by atoms with Gasteiger partial charge in [0.15, 0.2) is 0 Å². The minimum absolute atomic E-state index is 0.0186. The van der Waals surface area contributed by atoms with Crippen molar-refractivity contribution in [3.05, 3.63) is 24.3 Å². The van der Waals surface area contributed by atoms with Gasteiger partial charge in [-0.25, -0.2) is 4.79 Å².